The maximum Gasteiger partial charge on any atom is 0.118 e. The van der Waals surface area contributed by atoms with Crippen LogP contribution < -0.4 is 10.1 Å². The molecular weight excluding hydrogens is 260 g/mol. The van der Waals surface area contributed by atoms with Crippen LogP contribution in [0.2, 0.25) is 0 Å². The molecule has 0 radical (unpaired) electrons. The molecule has 1 unspecified atom stereocenters. The summed E-state index contributed by atoms with van der Waals surface area (Å²) in [5, 5.41) is 3.62. The van der Waals surface area contributed by atoms with Gasteiger partial charge in [0.15, 0.2) is 0 Å². The summed E-state index contributed by atoms with van der Waals surface area (Å²) in [6.07, 6.45) is 5.91. The quantitative estimate of drug-likeness (QED) is 0.840. The number of pyridine rings is 1. The van der Waals surface area contributed by atoms with Gasteiger partial charge in [0.1, 0.15) is 5.75 Å². The maximum absolute atomic E-state index is 5.18. The number of aryl methyl sites for hydroxylation is 1. The molecule has 21 heavy (non-hydrogen) atoms. The number of nitrogens with one attached hydrogen (secondary N) is 1. The normalized spacial score (nSPS) is 13.7. The highest BCUT2D eigenvalue weighted by Crippen LogP contribution is 2.15. The number of hydrogen-bond acceptors (Lipinski definition) is 3. The topological polar surface area (TPSA) is 34.1 Å². The van der Waals surface area contributed by atoms with E-state index in [9.17, 15) is 0 Å². The Balaban J connectivity index is 1.80. The van der Waals surface area contributed by atoms with Crippen LogP contribution in [-0.2, 0) is 6.42 Å². The minimum atomic E-state index is 0.324. The van der Waals surface area contributed by atoms with Gasteiger partial charge in [-0.2, -0.15) is 0 Å². The predicted octanol–water partition coefficient (Wildman–Crippen LogP) is 3.76. The number of rotatable bonds is 7. The predicted molar refractivity (Wildman–Crippen MR) is 86.6 cm³/mol. The van der Waals surface area contributed by atoms with E-state index < -0.39 is 0 Å². The van der Waals surface area contributed by atoms with Crippen molar-refractivity contribution in [1.82, 2.24) is 10.3 Å². The molecule has 0 spiro atoms. The van der Waals surface area contributed by atoms with Gasteiger partial charge in [0.05, 0.1) is 7.11 Å². The SMILES string of the molecule is COc1ccc(CCC(C)N[C@@H](C)c2cccnc2)cc1. The van der Waals surface area contributed by atoms with E-state index in [1.54, 1.807) is 7.11 Å². The van der Waals surface area contributed by atoms with Crippen molar-refractivity contribution >= 4 is 0 Å². The van der Waals surface area contributed by atoms with Crippen molar-refractivity contribution in [2.45, 2.75) is 38.8 Å². The Morgan fingerprint density at radius 2 is 1.90 bits per heavy atom. The fraction of sp³-hybridized carbons (Fsp3) is 0.389. The molecule has 1 heterocycles. The molecule has 2 rings (SSSR count). The van der Waals surface area contributed by atoms with Crippen molar-refractivity contribution in [3.63, 3.8) is 0 Å². The summed E-state index contributed by atoms with van der Waals surface area (Å²) in [5.41, 5.74) is 2.58. The first-order chi connectivity index (χ1) is 10.2. The Morgan fingerprint density at radius 1 is 1.14 bits per heavy atom. The number of hydrogen-bond donors (Lipinski definition) is 1. The van der Waals surface area contributed by atoms with Gasteiger partial charge >= 0.3 is 0 Å². The molecular formula is C18H24N2O. The van der Waals surface area contributed by atoms with E-state index in [-0.39, 0.29) is 0 Å². The molecule has 112 valence electrons. The van der Waals surface area contributed by atoms with Crippen LogP contribution in [0.4, 0.5) is 0 Å². The first kappa shape index (κ1) is 15.5. The highest BCUT2D eigenvalue weighted by atomic mass is 16.5. The summed E-state index contributed by atoms with van der Waals surface area (Å²) in [6, 6.07) is 13.2. The van der Waals surface area contributed by atoms with Crippen LogP contribution in [0.3, 0.4) is 0 Å². The number of aromatic nitrogens is 1. The van der Waals surface area contributed by atoms with Crippen LogP contribution in [0.1, 0.15) is 37.4 Å². The van der Waals surface area contributed by atoms with Crippen LogP contribution in [0.25, 0.3) is 0 Å². The lowest BCUT2D eigenvalue weighted by Crippen LogP contribution is -2.29. The molecule has 0 saturated carbocycles. The van der Waals surface area contributed by atoms with Gasteiger partial charge < -0.3 is 10.1 Å². The Kier molecular flexibility index (Phi) is 5.76. The lowest BCUT2D eigenvalue weighted by atomic mass is 10.0. The minimum absolute atomic E-state index is 0.324. The highest BCUT2D eigenvalue weighted by Gasteiger charge is 2.09. The second-order valence-electron chi connectivity index (χ2n) is 5.46. The molecule has 1 N–H and O–H groups in total. The molecule has 3 heteroatoms. The first-order valence-electron chi connectivity index (χ1n) is 7.48. The minimum Gasteiger partial charge on any atom is -0.497 e. The zero-order chi connectivity index (χ0) is 15.1. The van der Waals surface area contributed by atoms with Crippen LogP contribution in [0, 0.1) is 0 Å². The Hall–Kier alpha value is -1.87. The van der Waals surface area contributed by atoms with Crippen molar-refractivity contribution in [2.75, 3.05) is 7.11 Å². The number of nitrogens with zero attached hydrogens (tertiary/aromatic N) is 1. The molecule has 2 atom stereocenters. The van der Waals surface area contributed by atoms with Gasteiger partial charge in [-0.1, -0.05) is 18.2 Å². The molecule has 0 fully saturated rings. The van der Waals surface area contributed by atoms with E-state index in [1.807, 2.05) is 30.6 Å². The van der Waals surface area contributed by atoms with Crippen LogP contribution in [0.5, 0.6) is 5.75 Å². The van der Waals surface area contributed by atoms with E-state index in [0.717, 1.165) is 18.6 Å². The van der Waals surface area contributed by atoms with E-state index in [4.69, 9.17) is 4.74 Å². The molecule has 3 nitrogen and oxygen atoms in total. The summed E-state index contributed by atoms with van der Waals surface area (Å²) in [7, 11) is 1.70. The summed E-state index contributed by atoms with van der Waals surface area (Å²) < 4.78 is 5.18. The van der Waals surface area contributed by atoms with Crippen molar-refractivity contribution < 1.29 is 4.74 Å². The Morgan fingerprint density at radius 3 is 2.52 bits per heavy atom. The van der Waals surface area contributed by atoms with Gasteiger partial charge in [0, 0.05) is 24.5 Å². The third-order valence-electron chi connectivity index (χ3n) is 3.74. The summed E-state index contributed by atoms with van der Waals surface area (Å²) in [6.45, 7) is 4.41. The molecule has 0 aliphatic rings. The largest absolute Gasteiger partial charge is 0.497 e. The third-order valence-corrected chi connectivity index (χ3v) is 3.74. The molecule has 0 saturated heterocycles. The van der Waals surface area contributed by atoms with Crippen molar-refractivity contribution in [3.8, 4) is 5.75 Å². The fourth-order valence-electron chi connectivity index (χ4n) is 2.41. The van der Waals surface area contributed by atoms with Gasteiger partial charge in [-0.3, -0.25) is 4.98 Å². The smallest absolute Gasteiger partial charge is 0.118 e. The van der Waals surface area contributed by atoms with Gasteiger partial charge in [-0.15, -0.1) is 0 Å². The maximum atomic E-state index is 5.18. The second-order valence-corrected chi connectivity index (χ2v) is 5.46. The third kappa shape index (κ3) is 4.87. The number of ether oxygens (including phenoxy) is 1. The van der Waals surface area contributed by atoms with Crippen LogP contribution >= 0.6 is 0 Å². The van der Waals surface area contributed by atoms with E-state index in [0.29, 0.717) is 12.1 Å². The van der Waals surface area contributed by atoms with E-state index in [1.165, 1.54) is 11.1 Å². The average Bonchev–Trinajstić information content (AvgIpc) is 2.54. The number of benzene rings is 1. The average molecular weight is 284 g/mol. The van der Waals surface area contributed by atoms with Crippen molar-refractivity contribution in [2.24, 2.45) is 0 Å². The summed E-state index contributed by atoms with van der Waals surface area (Å²) in [5.74, 6) is 0.912. The highest BCUT2D eigenvalue weighted by molar-refractivity contribution is 5.27. The lowest BCUT2D eigenvalue weighted by molar-refractivity contribution is 0.414. The van der Waals surface area contributed by atoms with E-state index in [2.05, 4.69) is 42.3 Å². The van der Waals surface area contributed by atoms with Gasteiger partial charge in [-0.25, -0.2) is 0 Å². The molecule has 0 aliphatic heterocycles. The zero-order valence-electron chi connectivity index (χ0n) is 13.0. The van der Waals surface area contributed by atoms with Crippen molar-refractivity contribution in [3.05, 3.63) is 59.9 Å². The standard InChI is InChI=1S/C18H24N2O/c1-14(20-15(2)17-5-4-12-19-13-17)6-7-16-8-10-18(21-3)11-9-16/h4-5,8-15,20H,6-7H2,1-3H3/t14?,15-/m0/s1. The fourth-order valence-corrected chi connectivity index (χ4v) is 2.41. The first-order valence-corrected chi connectivity index (χ1v) is 7.48. The Labute approximate surface area is 127 Å². The number of methoxy groups -OCH3 is 1. The molecule has 2 aromatic rings. The summed E-state index contributed by atoms with van der Waals surface area (Å²) in [4.78, 5) is 4.17. The van der Waals surface area contributed by atoms with Gasteiger partial charge in [0.2, 0.25) is 0 Å². The summed E-state index contributed by atoms with van der Waals surface area (Å²) >= 11 is 0. The molecule has 1 aromatic heterocycles. The van der Waals surface area contributed by atoms with Gasteiger partial charge in [-0.05, 0) is 56.0 Å². The second kappa shape index (κ2) is 7.79. The van der Waals surface area contributed by atoms with Crippen LogP contribution in [0.15, 0.2) is 48.8 Å². The van der Waals surface area contributed by atoms with Crippen LogP contribution in [-0.4, -0.2) is 18.1 Å². The molecule has 0 bridgehead atoms. The molecule has 0 aliphatic carbocycles. The monoisotopic (exact) mass is 284 g/mol. The molecule has 1 aromatic carbocycles. The lowest BCUT2D eigenvalue weighted by Gasteiger charge is -2.20. The zero-order valence-corrected chi connectivity index (χ0v) is 13.0. The Bertz CT molecular complexity index is 525. The van der Waals surface area contributed by atoms with Crippen molar-refractivity contribution in [1.29, 1.82) is 0 Å². The van der Waals surface area contributed by atoms with E-state index >= 15 is 0 Å². The molecule has 0 amide bonds. The van der Waals surface area contributed by atoms with Gasteiger partial charge in [0.25, 0.3) is 0 Å².